The van der Waals surface area contributed by atoms with Crippen LogP contribution >= 0.6 is 11.8 Å². The summed E-state index contributed by atoms with van der Waals surface area (Å²) < 4.78 is 4.86. The van der Waals surface area contributed by atoms with Crippen LogP contribution in [-0.4, -0.2) is 51.9 Å². The molecule has 0 amide bonds. The van der Waals surface area contributed by atoms with Crippen molar-refractivity contribution in [2.45, 2.75) is 23.7 Å². The molecule has 0 bridgehead atoms. The maximum Gasteiger partial charge on any atom is 0.131 e. The molecule has 0 unspecified atom stereocenters. The first-order valence-corrected chi connectivity index (χ1v) is 4.40. The van der Waals surface area contributed by atoms with Crippen LogP contribution in [0.1, 0.15) is 0 Å². The maximum absolute atomic E-state index is 9.25. The summed E-state index contributed by atoms with van der Waals surface area (Å²) in [6, 6.07) is 0. The summed E-state index contributed by atoms with van der Waals surface area (Å²) >= 11 is 1.30. The average Bonchev–Trinajstić information content (AvgIpc) is 2.01. The largest absolute Gasteiger partial charge is 0.389 e. The highest BCUT2D eigenvalue weighted by Crippen LogP contribution is 2.26. The van der Waals surface area contributed by atoms with Crippen LogP contribution in [0.4, 0.5) is 0 Å². The van der Waals surface area contributed by atoms with Gasteiger partial charge in [0.2, 0.25) is 0 Å². The van der Waals surface area contributed by atoms with Crippen molar-refractivity contribution < 1.29 is 20.1 Å². The summed E-state index contributed by atoms with van der Waals surface area (Å²) in [5.41, 5.74) is -0.423. The first-order chi connectivity index (χ1) is 5.16. The maximum atomic E-state index is 9.25. The van der Waals surface area contributed by atoms with Crippen molar-refractivity contribution in [1.29, 1.82) is 0 Å². The summed E-state index contributed by atoms with van der Waals surface area (Å²) in [4.78, 5) is 0. The monoisotopic (exact) mass is 180 g/mol. The Balaban J connectivity index is 2.52. The van der Waals surface area contributed by atoms with Crippen LogP contribution < -0.4 is 0 Å². The highest BCUT2D eigenvalue weighted by molar-refractivity contribution is 7.99. The number of thioether (sulfide) groups is 1. The fraction of sp³-hybridized carbons (Fsp3) is 1.00. The van der Waals surface area contributed by atoms with Crippen LogP contribution in [0.5, 0.6) is 0 Å². The van der Waals surface area contributed by atoms with Crippen LogP contribution in [0.15, 0.2) is 0 Å². The number of hydrogen-bond acceptors (Lipinski definition) is 5. The third-order valence-electron chi connectivity index (χ3n) is 1.69. The van der Waals surface area contributed by atoms with E-state index < -0.39 is 23.7 Å². The summed E-state index contributed by atoms with van der Waals surface area (Å²) in [6.07, 6.45) is -2.92. The first kappa shape index (κ1) is 9.28. The van der Waals surface area contributed by atoms with Crippen molar-refractivity contribution in [3.05, 3.63) is 0 Å². The summed E-state index contributed by atoms with van der Waals surface area (Å²) in [5, 5.41) is 27.5. The van der Waals surface area contributed by atoms with E-state index in [1.54, 1.807) is 0 Å². The Bertz CT molecular complexity index is 130. The van der Waals surface area contributed by atoms with Crippen LogP contribution in [0.25, 0.3) is 0 Å². The van der Waals surface area contributed by atoms with E-state index in [2.05, 4.69) is 0 Å². The summed E-state index contributed by atoms with van der Waals surface area (Å²) in [6.45, 7) is 0. The minimum absolute atomic E-state index is 0.400. The number of hydrogen-bond donors (Lipinski definition) is 3. The molecule has 1 heterocycles. The topological polar surface area (TPSA) is 69.9 Å². The molecule has 5 heteroatoms. The Morgan fingerprint density at radius 3 is 2.45 bits per heavy atom. The van der Waals surface area contributed by atoms with Gasteiger partial charge in [-0.3, -0.25) is 0 Å². The molecule has 1 aliphatic heterocycles. The van der Waals surface area contributed by atoms with E-state index in [1.165, 1.54) is 18.9 Å². The Morgan fingerprint density at radius 1 is 1.27 bits per heavy atom. The van der Waals surface area contributed by atoms with E-state index >= 15 is 0 Å². The molecule has 3 N–H and O–H groups in total. The van der Waals surface area contributed by atoms with Gasteiger partial charge in [0.1, 0.15) is 17.6 Å². The van der Waals surface area contributed by atoms with Gasteiger partial charge in [-0.1, -0.05) is 0 Å². The molecule has 4 atom stereocenters. The fourth-order valence-electron chi connectivity index (χ4n) is 0.987. The summed E-state index contributed by atoms with van der Waals surface area (Å²) in [5.74, 6) is 0.400. The molecule has 66 valence electrons. The molecule has 1 saturated heterocycles. The van der Waals surface area contributed by atoms with Crippen molar-refractivity contribution in [2.75, 3.05) is 12.9 Å². The average molecular weight is 180 g/mol. The Labute approximate surface area is 69.2 Å². The van der Waals surface area contributed by atoms with E-state index in [-0.39, 0.29) is 0 Å². The second kappa shape index (κ2) is 3.73. The second-order valence-corrected chi connectivity index (χ2v) is 3.62. The number of rotatable bonds is 1. The Morgan fingerprint density at radius 2 is 1.91 bits per heavy atom. The Hall–Kier alpha value is 0.190. The van der Waals surface area contributed by atoms with Gasteiger partial charge in [0.05, 0.1) is 6.10 Å². The SMILES string of the molecule is CO[C@@H]1SC[C@@H](O)[C@@H](O)[C@H]1O. The van der Waals surface area contributed by atoms with Gasteiger partial charge in [-0.25, -0.2) is 0 Å². The lowest BCUT2D eigenvalue weighted by atomic mass is 10.1. The normalized spacial score (nSPS) is 45.8. The van der Waals surface area contributed by atoms with Gasteiger partial charge in [0.25, 0.3) is 0 Å². The van der Waals surface area contributed by atoms with Gasteiger partial charge in [0, 0.05) is 12.9 Å². The molecule has 1 rings (SSSR count). The molecular weight excluding hydrogens is 168 g/mol. The molecule has 11 heavy (non-hydrogen) atoms. The van der Waals surface area contributed by atoms with Crippen molar-refractivity contribution in [3.63, 3.8) is 0 Å². The van der Waals surface area contributed by atoms with Gasteiger partial charge in [-0.2, -0.15) is 0 Å². The number of aliphatic hydroxyl groups is 3. The molecule has 0 spiro atoms. The molecular formula is C6H12O4S. The Kier molecular flexibility index (Phi) is 3.15. The first-order valence-electron chi connectivity index (χ1n) is 3.35. The molecule has 0 radical (unpaired) electrons. The van der Waals surface area contributed by atoms with Crippen molar-refractivity contribution in [3.8, 4) is 0 Å². The molecule has 1 fully saturated rings. The lowest BCUT2D eigenvalue weighted by Gasteiger charge is -2.33. The van der Waals surface area contributed by atoms with Gasteiger partial charge >= 0.3 is 0 Å². The minimum Gasteiger partial charge on any atom is -0.389 e. The molecule has 0 aromatic rings. The van der Waals surface area contributed by atoms with Crippen molar-refractivity contribution in [2.24, 2.45) is 0 Å². The molecule has 0 aromatic carbocycles. The van der Waals surface area contributed by atoms with Gasteiger partial charge in [0.15, 0.2) is 0 Å². The predicted octanol–water partition coefficient (Wildman–Crippen LogP) is -1.21. The zero-order chi connectivity index (χ0) is 8.43. The smallest absolute Gasteiger partial charge is 0.131 e. The highest BCUT2D eigenvalue weighted by Gasteiger charge is 2.36. The number of methoxy groups -OCH3 is 1. The van der Waals surface area contributed by atoms with Crippen LogP contribution in [0.2, 0.25) is 0 Å². The molecule has 0 aliphatic carbocycles. The molecule has 0 aromatic heterocycles. The zero-order valence-electron chi connectivity index (χ0n) is 6.17. The minimum atomic E-state index is -1.08. The van der Waals surface area contributed by atoms with E-state index in [9.17, 15) is 5.11 Å². The lowest BCUT2D eigenvalue weighted by molar-refractivity contribution is -0.0911. The van der Waals surface area contributed by atoms with Gasteiger partial charge in [-0.05, 0) is 0 Å². The zero-order valence-corrected chi connectivity index (χ0v) is 6.99. The lowest BCUT2D eigenvalue weighted by Crippen LogP contribution is -2.49. The molecule has 0 saturated carbocycles. The number of ether oxygens (including phenoxy) is 1. The summed E-state index contributed by atoms with van der Waals surface area (Å²) in [7, 11) is 1.46. The van der Waals surface area contributed by atoms with E-state index in [0.717, 1.165) is 0 Å². The molecule has 4 nitrogen and oxygen atoms in total. The van der Waals surface area contributed by atoms with E-state index in [1.807, 2.05) is 0 Å². The van der Waals surface area contributed by atoms with E-state index in [4.69, 9.17) is 14.9 Å². The van der Waals surface area contributed by atoms with Crippen LogP contribution in [0.3, 0.4) is 0 Å². The second-order valence-electron chi connectivity index (χ2n) is 2.49. The quantitative estimate of drug-likeness (QED) is 0.472. The molecule has 1 aliphatic rings. The van der Waals surface area contributed by atoms with Crippen LogP contribution in [0, 0.1) is 0 Å². The standard InChI is InChI=1S/C6H12O4S/c1-10-6-5(9)4(8)3(7)2-11-6/h3-9H,2H2,1H3/t3-,4-,5-,6-/m1/s1. The van der Waals surface area contributed by atoms with Crippen molar-refractivity contribution >= 4 is 11.8 Å². The number of aliphatic hydroxyl groups excluding tert-OH is 3. The third kappa shape index (κ3) is 1.86. The third-order valence-corrected chi connectivity index (χ3v) is 3.02. The van der Waals surface area contributed by atoms with Crippen molar-refractivity contribution in [1.82, 2.24) is 0 Å². The predicted molar refractivity (Wildman–Crippen MR) is 41.3 cm³/mol. The van der Waals surface area contributed by atoms with Gasteiger partial charge < -0.3 is 20.1 Å². The fourth-order valence-corrected chi connectivity index (χ4v) is 2.06. The van der Waals surface area contributed by atoms with E-state index in [0.29, 0.717) is 5.75 Å². The van der Waals surface area contributed by atoms with Crippen LogP contribution in [-0.2, 0) is 4.74 Å². The van der Waals surface area contributed by atoms with Gasteiger partial charge in [-0.15, -0.1) is 11.8 Å². The highest BCUT2D eigenvalue weighted by atomic mass is 32.2.